The molecule has 0 fully saturated rings. The highest BCUT2D eigenvalue weighted by atomic mass is 16.5. The van der Waals surface area contributed by atoms with Crippen LogP contribution < -0.4 is 14.8 Å². The lowest BCUT2D eigenvalue weighted by Crippen LogP contribution is -2.22. The molecule has 0 aliphatic heterocycles. The van der Waals surface area contributed by atoms with Gasteiger partial charge in [0.1, 0.15) is 11.5 Å². The lowest BCUT2D eigenvalue weighted by atomic mass is 10.0. The molecule has 1 atom stereocenters. The van der Waals surface area contributed by atoms with Crippen LogP contribution in [0.3, 0.4) is 0 Å². The van der Waals surface area contributed by atoms with Crippen molar-refractivity contribution in [3.8, 4) is 23.8 Å². The first-order chi connectivity index (χ1) is 9.26. The van der Waals surface area contributed by atoms with Crippen LogP contribution in [0.25, 0.3) is 0 Å². The van der Waals surface area contributed by atoms with Gasteiger partial charge in [-0.2, -0.15) is 0 Å². The molecule has 1 unspecified atom stereocenters. The molecule has 0 aliphatic rings. The molecule has 1 aromatic carbocycles. The van der Waals surface area contributed by atoms with Gasteiger partial charge in [-0.1, -0.05) is 6.92 Å². The number of hydrogen-bond donors (Lipinski definition) is 1. The number of rotatable bonds is 8. The minimum absolute atomic E-state index is 0.195. The van der Waals surface area contributed by atoms with Crippen molar-refractivity contribution in [1.82, 2.24) is 5.32 Å². The third-order valence-electron chi connectivity index (χ3n) is 3.03. The average molecular weight is 261 g/mol. The molecule has 1 aromatic rings. The van der Waals surface area contributed by atoms with Gasteiger partial charge in [0, 0.05) is 18.0 Å². The number of hydrogen-bond acceptors (Lipinski definition) is 3. The number of benzene rings is 1. The quantitative estimate of drug-likeness (QED) is 0.729. The van der Waals surface area contributed by atoms with Gasteiger partial charge in [0.15, 0.2) is 0 Å². The molecule has 19 heavy (non-hydrogen) atoms. The topological polar surface area (TPSA) is 30.5 Å². The minimum atomic E-state index is 0.195. The molecule has 0 aliphatic carbocycles. The predicted octanol–water partition coefficient (Wildman–Crippen LogP) is 3.16. The van der Waals surface area contributed by atoms with Gasteiger partial charge < -0.3 is 14.8 Å². The van der Waals surface area contributed by atoms with Crippen LogP contribution in [0.1, 0.15) is 37.8 Å². The fraction of sp³-hybridized carbons (Fsp3) is 0.500. The molecule has 0 spiro atoms. The Morgan fingerprint density at radius 2 is 2.11 bits per heavy atom. The number of ether oxygens (including phenoxy) is 2. The third kappa shape index (κ3) is 4.50. The van der Waals surface area contributed by atoms with Crippen LogP contribution in [0.15, 0.2) is 18.2 Å². The SMILES string of the molecule is C#CCCC(NCCC)c1cc(OC)ccc1OC. The number of terminal acetylenes is 1. The molecule has 1 rings (SSSR count). The van der Waals surface area contributed by atoms with E-state index in [4.69, 9.17) is 15.9 Å². The monoisotopic (exact) mass is 261 g/mol. The van der Waals surface area contributed by atoms with Gasteiger partial charge >= 0.3 is 0 Å². The second-order valence-corrected chi connectivity index (χ2v) is 4.36. The Morgan fingerprint density at radius 3 is 2.68 bits per heavy atom. The normalized spacial score (nSPS) is 11.7. The molecule has 3 heteroatoms. The van der Waals surface area contributed by atoms with Crippen LogP contribution in [0.5, 0.6) is 11.5 Å². The zero-order chi connectivity index (χ0) is 14.1. The summed E-state index contributed by atoms with van der Waals surface area (Å²) in [5.41, 5.74) is 1.10. The molecule has 3 nitrogen and oxygen atoms in total. The first kappa shape index (κ1) is 15.4. The zero-order valence-corrected chi connectivity index (χ0v) is 12.0. The van der Waals surface area contributed by atoms with Crippen molar-refractivity contribution in [1.29, 1.82) is 0 Å². The van der Waals surface area contributed by atoms with Crippen LogP contribution in [-0.2, 0) is 0 Å². The Balaban J connectivity index is 3.00. The van der Waals surface area contributed by atoms with Crippen molar-refractivity contribution < 1.29 is 9.47 Å². The minimum Gasteiger partial charge on any atom is -0.497 e. The van der Waals surface area contributed by atoms with Crippen LogP contribution in [0, 0.1) is 12.3 Å². The zero-order valence-electron chi connectivity index (χ0n) is 12.0. The van der Waals surface area contributed by atoms with E-state index in [1.165, 1.54) is 0 Å². The summed E-state index contributed by atoms with van der Waals surface area (Å²) in [6.07, 6.45) is 8.09. The molecule has 0 saturated heterocycles. The maximum absolute atomic E-state index is 5.44. The number of methoxy groups -OCH3 is 2. The van der Waals surface area contributed by atoms with Gasteiger partial charge in [0.25, 0.3) is 0 Å². The fourth-order valence-electron chi connectivity index (χ4n) is 2.03. The molecule has 0 radical (unpaired) electrons. The summed E-state index contributed by atoms with van der Waals surface area (Å²) >= 11 is 0. The maximum atomic E-state index is 5.44. The summed E-state index contributed by atoms with van der Waals surface area (Å²) in [6, 6.07) is 6.05. The smallest absolute Gasteiger partial charge is 0.123 e. The second-order valence-electron chi connectivity index (χ2n) is 4.36. The van der Waals surface area contributed by atoms with Gasteiger partial charge in [-0.15, -0.1) is 12.3 Å². The first-order valence-corrected chi connectivity index (χ1v) is 6.65. The van der Waals surface area contributed by atoms with Gasteiger partial charge in [-0.3, -0.25) is 0 Å². The lowest BCUT2D eigenvalue weighted by Gasteiger charge is -2.21. The highest BCUT2D eigenvalue weighted by Crippen LogP contribution is 2.31. The highest BCUT2D eigenvalue weighted by Gasteiger charge is 2.16. The van der Waals surface area contributed by atoms with Gasteiger partial charge in [-0.05, 0) is 37.6 Å². The van der Waals surface area contributed by atoms with Gasteiger partial charge in [0.2, 0.25) is 0 Å². The summed E-state index contributed by atoms with van der Waals surface area (Å²) in [5, 5.41) is 3.52. The maximum Gasteiger partial charge on any atom is 0.123 e. The molecule has 0 saturated carbocycles. The van der Waals surface area contributed by atoms with Crippen LogP contribution in [-0.4, -0.2) is 20.8 Å². The molecule has 0 bridgehead atoms. The standard InChI is InChI=1S/C16H23NO2/c1-5-7-8-15(17-11-6-2)14-12-13(18-3)9-10-16(14)19-4/h1,9-10,12,15,17H,6-8,11H2,2-4H3. The Labute approximate surface area is 116 Å². The van der Waals surface area contributed by atoms with Crippen molar-refractivity contribution in [3.05, 3.63) is 23.8 Å². The largest absolute Gasteiger partial charge is 0.497 e. The van der Waals surface area contributed by atoms with E-state index in [1.807, 2.05) is 18.2 Å². The summed E-state index contributed by atoms with van der Waals surface area (Å²) in [6.45, 7) is 3.10. The molecule has 104 valence electrons. The third-order valence-corrected chi connectivity index (χ3v) is 3.03. The molecule has 0 heterocycles. The predicted molar refractivity (Wildman–Crippen MR) is 78.6 cm³/mol. The average Bonchev–Trinajstić information content (AvgIpc) is 2.47. The van der Waals surface area contributed by atoms with E-state index in [9.17, 15) is 0 Å². The second kappa shape index (κ2) is 8.44. The van der Waals surface area contributed by atoms with Crippen LogP contribution in [0.2, 0.25) is 0 Å². The van der Waals surface area contributed by atoms with E-state index in [2.05, 4.69) is 18.2 Å². The van der Waals surface area contributed by atoms with Crippen LogP contribution in [0.4, 0.5) is 0 Å². The summed E-state index contributed by atoms with van der Waals surface area (Å²) in [5.74, 6) is 4.40. The molecular weight excluding hydrogens is 238 g/mol. The van der Waals surface area contributed by atoms with Crippen molar-refractivity contribution >= 4 is 0 Å². The van der Waals surface area contributed by atoms with Crippen LogP contribution >= 0.6 is 0 Å². The summed E-state index contributed by atoms with van der Waals surface area (Å²) in [4.78, 5) is 0. The van der Waals surface area contributed by atoms with Crippen molar-refractivity contribution in [2.75, 3.05) is 20.8 Å². The van der Waals surface area contributed by atoms with Gasteiger partial charge in [-0.25, -0.2) is 0 Å². The Hall–Kier alpha value is -1.66. The number of nitrogens with one attached hydrogen (secondary N) is 1. The van der Waals surface area contributed by atoms with Crippen molar-refractivity contribution in [2.24, 2.45) is 0 Å². The van der Waals surface area contributed by atoms with E-state index in [0.29, 0.717) is 0 Å². The Morgan fingerprint density at radius 1 is 1.32 bits per heavy atom. The lowest BCUT2D eigenvalue weighted by molar-refractivity contribution is 0.386. The van der Waals surface area contributed by atoms with Crippen molar-refractivity contribution in [2.45, 2.75) is 32.2 Å². The van der Waals surface area contributed by atoms with E-state index in [-0.39, 0.29) is 6.04 Å². The first-order valence-electron chi connectivity index (χ1n) is 6.65. The molecule has 0 aromatic heterocycles. The molecule has 1 N–H and O–H groups in total. The Bertz CT molecular complexity index is 423. The molecule has 0 amide bonds. The van der Waals surface area contributed by atoms with Crippen molar-refractivity contribution in [3.63, 3.8) is 0 Å². The van der Waals surface area contributed by atoms with Gasteiger partial charge in [0.05, 0.1) is 14.2 Å². The van der Waals surface area contributed by atoms with E-state index in [0.717, 1.165) is 42.9 Å². The van der Waals surface area contributed by atoms with E-state index < -0.39 is 0 Å². The fourth-order valence-corrected chi connectivity index (χ4v) is 2.03. The van der Waals surface area contributed by atoms with E-state index in [1.54, 1.807) is 14.2 Å². The highest BCUT2D eigenvalue weighted by molar-refractivity contribution is 5.42. The van der Waals surface area contributed by atoms with E-state index >= 15 is 0 Å². The molecular formula is C16H23NO2. The Kier molecular flexibility index (Phi) is 6.84. The summed E-state index contributed by atoms with van der Waals surface area (Å²) in [7, 11) is 3.35. The summed E-state index contributed by atoms with van der Waals surface area (Å²) < 4.78 is 10.7.